The summed E-state index contributed by atoms with van der Waals surface area (Å²) in [6.45, 7) is 5.46. The van der Waals surface area contributed by atoms with Crippen LogP contribution in [0.4, 0.5) is 8.78 Å². The molecule has 0 radical (unpaired) electrons. The quantitative estimate of drug-likeness (QED) is 0.397. The first-order valence-electron chi connectivity index (χ1n) is 12.2. The number of aliphatic hydroxyl groups is 1. The zero-order valence-electron chi connectivity index (χ0n) is 19.7. The first-order valence-corrected chi connectivity index (χ1v) is 12.2. The topological polar surface area (TPSA) is 32.7 Å². The van der Waals surface area contributed by atoms with E-state index >= 15 is 0 Å². The monoisotopic (exact) mass is 465 g/mol. The first-order chi connectivity index (χ1) is 16.5. The van der Waals surface area contributed by atoms with Crippen molar-refractivity contribution in [2.45, 2.75) is 38.2 Å². The average molecular weight is 466 g/mol. The van der Waals surface area contributed by atoms with E-state index in [0.717, 1.165) is 51.1 Å². The molecule has 1 aliphatic rings. The molecule has 0 aliphatic carbocycles. The normalized spacial score (nSPS) is 15.4. The highest BCUT2D eigenvalue weighted by atomic mass is 19.1. The summed E-state index contributed by atoms with van der Waals surface area (Å²) in [6, 6.07) is 20.3. The van der Waals surface area contributed by atoms with Crippen molar-refractivity contribution in [2.75, 3.05) is 26.2 Å². The van der Waals surface area contributed by atoms with E-state index in [4.69, 9.17) is 4.74 Å². The van der Waals surface area contributed by atoms with Crippen LogP contribution in [0.25, 0.3) is 0 Å². The van der Waals surface area contributed by atoms with Crippen LogP contribution in [0, 0.1) is 17.6 Å². The van der Waals surface area contributed by atoms with Gasteiger partial charge in [-0.05, 0) is 97.8 Å². The van der Waals surface area contributed by atoms with Gasteiger partial charge in [-0.1, -0.05) is 43.3 Å². The van der Waals surface area contributed by atoms with Crippen LogP contribution >= 0.6 is 0 Å². The molecule has 0 amide bonds. The summed E-state index contributed by atoms with van der Waals surface area (Å²) < 4.78 is 33.0. The van der Waals surface area contributed by atoms with E-state index in [2.05, 4.69) is 24.0 Å². The highest BCUT2D eigenvalue weighted by Gasteiger charge is 2.41. The van der Waals surface area contributed by atoms with E-state index in [9.17, 15) is 13.9 Å². The van der Waals surface area contributed by atoms with E-state index < -0.39 is 5.60 Å². The van der Waals surface area contributed by atoms with Crippen LogP contribution in [-0.4, -0.2) is 36.2 Å². The summed E-state index contributed by atoms with van der Waals surface area (Å²) in [6.07, 6.45) is 3.54. The Morgan fingerprint density at radius 1 is 0.853 bits per heavy atom. The number of rotatable bonds is 9. The number of benzene rings is 3. The maximum absolute atomic E-state index is 13.6. The van der Waals surface area contributed by atoms with Crippen LogP contribution in [0.2, 0.25) is 0 Å². The molecule has 5 heteroatoms. The highest BCUT2D eigenvalue weighted by Crippen LogP contribution is 2.42. The van der Waals surface area contributed by atoms with Gasteiger partial charge in [0, 0.05) is 6.54 Å². The number of likely N-dealkylation sites (tertiary alicyclic amines) is 1. The molecule has 0 atom stereocenters. The maximum Gasteiger partial charge on any atom is 0.123 e. The van der Waals surface area contributed by atoms with Gasteiger partial charge in [-0.3, -0.25) is 0 Å². The molecule has 34 heavy (non-hydrogen) atoms. The van der Waals surface area contributed by atoms with Gasteiger partial charge in [0.2, 0.25) is 0 Å². The van der Waals surface area contributed by atoms with Crippen molar-refractivity contribution in [3.63, 3.8) is 0 Å². The second-order valence-corrected chi connectivity index (χ2v) is 9.10. The van der Waals surface area contributed by atoms with Gasteiger partial charge in [0.1, 0.15) is 23.0 Å². The SMILES string of the molecule is CCc1ccc(OCCCN2CCC(C(O)(c3ccc(F)cc3)c3ccc(F)cc3)CC2)cc1. The summed E-state index contributed by atoms with van der Waals surface area (Å²) in [7, 11) is 0. The Balaban J connectivity index is 1.35. The number of hydrogen-bond acceptors (Lipinski definition) is 3. The fourth-order valence-corrected chi connectivity index (χ4v) is 4.92. The highest BCUT2D eigenvalue weighted by molar-refractivity contribution is 5.37. The molecule has 3 aromatic rings. The third-order valence-corrected chi connectivity index (χ3v) is 6.97. The van der Waals surface area contributed by atoms with E-state index in [1.807, 2.05) is 12.1 Å². The summed E-state index contributed by atoms with van der Waals surface area (Å²) >= 11 is 0. The Bertz CT molecular complexity index is 982. The van der Waals surface area contributed by atoms with Crippen molar-refractivity contribution >= 4 is 0 Å². The predicted molar refractivity (Wildman–Crippen MR) is 131 cm³/mol. The molecule has 0 spiro atoms. The third-order valence-electron chi connectivity index (χ3n) is 6.97. The van der Waals surface area contributed by atoms with Crippen LogP contribution in [0.15, 0.2) is 72.8 Å². The van der Waals surface area contributed by atoms with Crippen molar-refractivity contribution in [2.24, 2.45) is 5.92 Å². The van der Waals surface area contributed by atoms with Crippen LogP contribution in [0.3, 0.4) is 0 Å². The molecular formula is C29H33F2NO2. The zero-order chi connectivity index (χ0) is 24.0. The molecule has 1 N–H and O–H groups in total. The van der Waals surface area contributed by atoms with Crippen molar-refractivity contribution in [3.8, 4) is 5.75 Å². The van der Waals surface area contributed by atoms with Gasteiger partial charge in [-0.2, -0.15) is 0 Å². The predicted octanol–water partition coefficient (Wildman–Crippen LogP) is 5.94. The summed E-state index contributed by atoms with van der Waals surface area (Å²) in [4.78, 5) is 2.40. The number of hydrogen-bond donors (Lipinski definition) is 1. The zero-order valence-corrected chi connectivity index (χ0v) is 19.7. The number of ether oxygens (including phenoxy) is 1. The third kappa shape index (κ3) is 5.65. The molecular weight excluding hydrogens is 432 g/mol. The second-order valence-electron chi connectivity index (χ2n) is 9.10. The lowest BCUT2D eigenvalue weighted by Crippen LogP contribution is -2.44. The van der Waals surface area contributed by atoms with Crippen LogP contribution in [0.5, 0.6) is 5.75 Å². The Morgan fingerprint density at radius 2 is 1.38 bits per heavy atom. The van der Waals surface area contributed by atoms with Gasteiger partial charge < -0.3 is 14.7 Å². The minimum atomic E-state index is -1.29. The Kier molecular flexibility index (Phi) is 7.96. The molecule has 180 valence electrons. The van der Waals surface area contributed by atoms with Gasteiger partial charge in [0.15, 0.2) is 0 Å². The second kappa shape index (κ2) is 11.1. The maximum atomic E-state index is 13.6. The summed E-state index contributed by atoms with van der Waals surface area (Å²) in [5.74, 6) is 0.166. The molecule has 3 nitrogen and oxygen atoms in total. The molecule has 3 aromatic carbocycles. The number of piperidine rings is 1. The molecule has 1 saturated heterocycles. The Hall–Kier alpha value is -2.76. The summed E-state index contributed by atoms with van der Waals surface area (Å²) in [5, 5.41) is 11.9. The van der Waals surface area contributed by atoms with Crippen LogP contribution < -0.4 is 4.74 Å². The lowest BCUT2D eigenvalue weighted by molar-refractivity contribution is -0.0146. The standard InChI is InChI=1S/C29H33F2NO2/c1-2-22-4-14-28(15-5-22)34-21-3-18-32-19-16-25(17-20-32)29(33,23-6-10-26(30)11-7-23)24-8-12-27(31)13-9-24/h4-15,25,33H,2-3,16-21H2,1H3. The minimum absolute atomic E-state index is 0.0481. The average Bonchev–Trinajstić information content (AvgIpc) is 2.88. The Labute approximate surface area is 201 Å². The molecule has 4 rings (SSSR count). The van der Waals surface area contributed by atoms with Crippen molar-refractivity contribution < 1.29 is 18.6 Å². The molecule has 1 heterocycles. The van der Waals surface area contributed by atoms with Gasteiger partial charge in [0.05, 0.1) is 6.61 Å². The van der Waals surface area contributed by atoms with E-state index in [-0.39, 0.29) is 17.6 Å². The van der Waals surface area contributed by atoms with Gasteiger partial charge in [0.25, 0.3) is 0 Å². The fraction of sp³-hybridized carbons (Fsp3) is 0.379. The van der Waals surface area contributed by atoms with Gasteiger partial charge in [-0.25, -0.2) is 8.78 Å². The number of nitrogens with zero attached hydrogens (tertiary/aromatic N) is 1. The van der Waals surface area contributed by atoms with Gasteiger partial charge >= 0.3 is 0 Å². The van der Waals surface area contributed by atoms with Crippen molar-refractivity contribution in [1.29, 1.82) is 0 Å². The van der Waals surface area contributed by atoms with Crippen LogP contribution in [-0.2, 0) is 12.0 Å². The molecule has 0 bridgehead atoms. The fourth-order valence-electron chi connectivity index (χ4n) is 4.92. The van der Waals surface area contributed by atoms with E-state index in [1.54, 1.807) is 24.3 Å². The smallest absolute Gasteiger partial charge is 0.123 e. The number of halogens is 2. The summed E-state index contributed by atoms with van der Waals surface area (Å²) in [5.41, 5.74) is 1.29. The lowest BCUT2D eigenvalue weighted by Gasteiger charge is -2.42. The van der Waals surface area contributed by atoms with Crippen molar-refractivity contribution in [1.82, 2.24) is 4.90 Å². The molecule has 1 aliphatic heterocycles. The molecule has 1 fully saturated rings. The molecule has 0 saturated carbocycles. The number of aryl methyl sites for hydroxylation is 1. The minimum Gasteiger partial charge on any atom is -0.494 e. The molecule has 0 aromatic heterocycles. The van der Waals surface area contributed by atoms with E-state index in [0.29, 0.717) is 17.7 Å². The molecule has 0 unspecified atom stereocenters. The Morgan fingerprint density at radius 3 is 1.88 bits per heavy atom. The van der Waals surface area contributed by atoms with E-state index in [1.165, 1.54) is 29.8 Å². The van der Waals surface area contributed by atoms with Gasteiger partial charge in [-0.15, -0.1) is 0 Å². The van der Waals surface area contributed by atoms with Crippen molar-refractivity contribution in [3.05, 3.63) is 101 Å². The lowest BCUT2D eigenvalue weighted by atomic mass is 9.72. The largest absolute Gasteiger partial charge is 0.494 e. The first kappa shape index (κ1) is 24.4. The van der Waals surface area contributed by atoms with Crippen LogP contribution in [0.1, 0.15) is 42.9 Å².